The Morgan fingerprint density at radius 3 is 2.30 bits per heavy atom. The van der Waals surface area contributed by atoms with Gasteiger partial charge in [-0.2, -0.15) is 0 Å². The summed E-state index contributed by atoms with van der Waals surface area (Å²) < 4.78 is 0. The summed E-state index contributed by atoms with van der Waals surface area (Å²) in [5.74, 6) is -3.66. The molecule has 0 saturated carbocycles. The average Bonchev–Trinajstić information content (AvgIpc) is 2.88. The highest BCUT2D eigenvalue weighted by atomic mass is 35.5. The van der Waals surface area contributed by atoms with Crippen molar-refractivity contribution < 1.29 is 29.2 Å². The minimum atomic E-state index is -1.54. The number of aromatic carboxylic acids is 1. The van der Waals surface area contributed by atoms with Crippen LogP contribution in [0.2, 0.25) is 5.02 Å². The van der Waals surface area contributed by atoms with Crippen molar-refractivity contribution >= 4 is 63.1 Å². The third-order valence-electron chi connectivity index (χ3n) is 5.90. The molecule has 11 heteroatoms. The highest BCUT2D eigenvalue weighted by Gasteiger charge is 2.35. The van der Waals surface area contributed by atoms with Crippen LogP contribution in [0.1, 0.15) is 41.4 Å². The molecule has 1 N–H and O–H groups in total. The number of non-ortho nitro benzene ring substituents is 1. The first-order chi connectivity index (χ1) is 17.7. The van der Waals surface area contributed by atoms with E-state index in [1.807, 2.05) is 0 Å². The van der Waals surface area contributed by atoms with Crippen LogP contribution in [0.15, 0.2) is 72.8 Å². The SMILES string of the molecule is O=C(Nc1ccc(Cl)cc1C(=O)[O-])c1cccc(N2C(=O)c3cccc4c([N+](=O)[O-])ccc(c34)C2=O)c1. The van der Waals surface area contributed by atoms with Crippen LogP contribution in [-0.2, 0) is 0 Å². The van der Waals surface area contributed by atoms with Crippen molar-refractivity contribution in [2.75, 3.05) is 10.2 Å². The molecule has 1 aliphatic rings. The Morgan fingerprint density at radius 2 is 1.59 bits per heavy atom. The zero-order valence-electron chi connectivity index (χ0n) is 18.6. The van der Waals surface area contributed by atoms with Crippen LogP contribution in [0.3, 0.4) is 0 Å². The smallest absolute Gasteiger partial charge is 0.277 e. The fourth-order valence-corrected chi connectivity index (χ4v) is 4.42. The average molecular weight is 515 g/mol. The Balaban J connectivity index is 1.53. The Bertz CT molecular complexity index is 1680. The van der Waals surface area contributed by atoms with E-state index < -0.39 is 28.6 Å². The fraction of sp³-hybridized carbons (Fsp3) is 0. The van der Waals surface area contributed by atoms with Crippen LogP contribution in [0.4, 0.5) is 17.1 Å². The molecule has 0 radical (unpaired) electrons. The number of imide groups is 1. The number of hydrogen-bond acceptors (Lipinski definition) is 7. The van der Waals surface area contributed by atoms with Crippen LogP contribution in [-0.4, -0.2) is 28.6 Å². The molecule has 1 heterocycles. The van der Waals surface area contributed by atoms with Gasteiger partial charge in [0.05, 0.1) is 27.7 Å². The highest BCUT2D eigenvalue weighted by Crippen LogP contribution is 2.37. The summed E-state index contributed by atoms with van der Waals surface area (Å²) in [4.78, 5) is 62.8. The number of nitro groups is 1. The Morgan fingerprint density at radius 1 is 0.892 bits per heavy atom. The number of carboxylic acids is 1. The second-order valence-electron chi connectivity index (χ2n) is 8.05. The molecule has 4 aromatic rings. The third kappa shape index (κ3) is 3.95. The summed E-state index contributed by atoms with van der Waals surface area (Å²) >= 11 is 5.83. The fourth-order valence-electron chi connectivity index (χ4n) is 4.25. The molecule has 4 aromatic carbocycles. The summed E-state index contributed by atoms with van der Waals surface area (Å²) in [7, 11) is 0. The van der Waals surface area contributed by atoms with Gasteiger partial charge in [-0.05, 0) is 54.6 Å². The molecule has 0 bridgehead atoms. The Hall–Kier alpha value is -5.09. The lowest BCUT2D eigenvalue weighted by atomic mass is 9.92. The standard InChI is InChI=1S/C26H14ClN3O7/c27-14-7-9-20(19(12-14)26(34)35)28-23(31)13-3-1-4-15(11-13)29-24(32)17-6-2-5-16-21(30(36)37)10-8-18(22(16)17)25(29)33/h1-12H,(H,28,31)(H,34,35)/p-1. The van der Waals surface area contributed by atoms with Crippen molar-refractivity contribution in [3.63, 3.8) is 0 Å². The zero-order chi connectivity index (χ0) is 26.4. The monoisotopic (exact) mass is 514 g/mol. The van der Waals surface area contributed by atoms with E-state index in [-0.39, 0.29) is 55.1 Å². The predicted octanol–water partition coefficient (Wildman–Crippen LogP) is 3.82. The van der Waals surface area contributed by atoms with Gasteiger partial charge in [-0.25, -0.2) is 4.90 Å². The first-order valence-electron chi connectivity index (χ1n) is 10.7. The van der Waals surface area contributed by atoms with E-state index in [0.29, 0.717) is 0 Å². The Kier molecular flexibility index (Phi) is 5.65. The van der Waals surface area contributed by atoms with Crippen LogP contribution >= 0.6 is 11.6 Å². The van der Waals surface area contributed by atoms with Crippen molar-refractivity contribution in [1.82, 2.24) is 0 Å². The minimum absolute atomic E-state index is 0.0325. The molecule has 0 spiro atoms. The lowest BCUT2D eigenvalue weighted by Crippen LogP contribution is -2.40. The number of benzene rings is 4. The number of nitrogens with one attached hydrogen (secondary N) is 1. The van der Waals surface area contributed by atoms with Gasteiger partial charge in [0.25, 0.3) is 23.4 Å². The van der Waals surface area contributed by atoms with Gasteiger partial charge in [-0.3, -0.25) is 24.5 Å². The second kappa shape index (κ2) is 8.85. The molecule has 182 valence electrons. The molecule has 10 nitrogen and oxygen atoms in total. The van der Waals surface area contributed by atoms with E-state index in [0.717, 1.165) is 11.0 Å². The third-order valence-corrected chi connectivity index (χ3v) is 6.13. The van der Waals surface area contributed by atoms with Gasteiger partial charge in [-0.1, -0.05) is 23.7 Å². The summed E-state index contributed by atoms with van der Waals surface area (Å²) in [6.07, 6.45) is 0. The summed E-state index contributed by atoms with van der Waals surface area (Å²) in [6, 6.07) is 16.4. The van der Waals surface area contributed by atoms with E-state index in [9.17, 15) is 34.4 Å². The highest BCUT2D eigenvalue weighted by molar-refractivity contribution is 6.36. The minimum Gasteiger partial charge on any atom is -0.545 e. The van der Waals surface area contributed by atoms with Crippen LogP contribution in [0.25, 0.3) is 10.8 Å². The summed E-state index contributed by atoms with van der Waals surface area (Å²) in [5.41, 5.74) is -0.281. The number of carbonyl (C=O) groups is 4. The van der Waals surface area contributed by atoms with Crippen molar-refractivity contribution in [3.8, 4) is 0 Å². The van der Waals surface area contributed by atoms with Crippen LogP contribution < -0.4 is 15.3 Å². The molecular formula is C26H13ClN3O7-. The number of halogens is 1. The van der Waals surface area contributed by atoms with Crippen LogP contribution in [0.5, 0.6) is 0 Å². The number of nitro benzene ring substituents is 1. The maximum Gasteiger partial charge on any atom is 0.277 e. The first kappa shape index (κ1) is 23.6. The largest absolute Gasteiger partial charge is 0.545 e. The quantitative estimate of drug-likeness (QED) is 0.241. The topological polar surface area (TPSA) is 150 Å². The van der Waals surface area contributed by atoms with E-state index in [1.165, 1.54) is 66.7 Å². The van der Waals surface area contributed by atoms with Gasteiger partial charge in [-0.15, -0.1) is 0 Å². The zero-order valence-corrected chi connectivity index (χ0v) is 19.3. The number of hydrogen-bond donors (Lipinski definition) is 1. The molecule has 0 saturated heterocycles. The number of carboxylic acid groups (broad SMARTS) is 1. The van der Waals surface area contributed by atoms with Crippen molar-refractivity contribution in [2.24, 2.45) is 0 Å². The first-order valence-corrected chi connectivity index (χ1v) is 11.1. The normalized spacial score (nSPS) is 12.5. The van der Waals surface area contributed by atoms with Crippen molar-refractivity contribution in [2.45, 2.75) is 0 Å². The van der Waals surface area contributed by atoms with Crippen LogP contribution in [0, 0.1) is 10.1 Å². The molecule has 5 rings (SSSR count). The van der Waals surface area contributed by atoms with E-state index in [2.05, 4.69) is 5.32 Å². The lowest BCUT2D eigenvalue weighted by molar-refractivity contribution is -0.383. The maximum absolute atomic E-state index is 13.4. The van der Waals surface area contributed by atoms with Gasteiger partial charge in [0.2, 0.25) is 0 Å². The molecule has 3 amide bonds. The molecule has 0 aromatic heterocycles. The van der Waals surface area contributed by atoms with Gasteiger partial charge < -0.3 is 15.2 Å². The number of rotatable bonds is 5. The Labute approximate surface area is 212 Å². The lowest BCUT2D eigenvalue weighted by Gasteiger charge is -2.27. The molecule has 0 fully saturated rings. The number of anilines is 2. The van der Waals surface area contributed by atoms with Crippen molar-refractivity contribution in [3.05, 3.63) is 110 Å². The molecule has 1 aliphatic heterocycles. The molecule has 37 heavy (non-hydrogen) atoms. The van der Waals surface area contributed by atoms with Gasteiger partial charge in [0.1, 0.15) is 0 Å². The van der Waals surface area contributed by atoms with Gasteiger partial charge >= 0.3 is 0 Å². The van der Waals surface area contributed by atoms with E-state index in [1.54, 1.807) is 0 Å². The predicted molar refractivity (Wildman–Crippen MR) is 132 cm³/mol. The molecule has 0 aliphatic carbocycles. The van der Waals surface area contributed by atoms with E-state index in [4.69, 9.17) is 11.6 Å². The molecule has 0 unspecified atom stereocenters. The maximum atomic E-state index is 13.4. The molecular weight excluding hydrogens is 502 g/mol. The van der Waals surface area contributed by atoms with Gasteiger partial charge in [0.15, 0.2) is 0 Å². The van der Waals surface area contributed by atoms with E-state index >= 15 is 0 Å². The summed E-state index contributed by atoms with van der Waals surface area (Å²) in [6.45, 7) is 0. The van der Waals surface area contributed by atoms with Gasteiger partial charge in [0, 0.05) is 38.7 Å². The number of carbonyl (C=O) groups excluding carboxylic acids is 4. The summed E-state index contributed by atoms with van der Waals surface area (Å²) in [5, 5.41) is 25.8. The molecule has 0 atom stereocenters. The number of amides is 3. The van der Waals surface area contributed by atoms with Crippen molar-refractivity contribution in [1.29, 1.82) is 0 Å². The number of nitrogens with zero attached hydrogens (tertiary/aromatic N) is 2. The second-order valence-corrected chi connectivity index (χ2v) is 8.48.